The SMILES string of the molecule is COc1c(C)cc(CNS(=O)(=O)c2ccc(S(C)(=O)=O)cc2)cc1C. The minimum atomic E-state index is -3.74. The zero-order valence-electron chi connectivity index (χ0n) is 14.5. The fourth-order valence-electron chi connectivity index (χ4n) is 2.59. The molecule has 0 saturated carbocycles. The zero-order chi connectivity index (χ0) is 18.8. The van der Waals surface area contributed by atoms with Gasteiger partial charge < -0.3 is 4.74 Å². The molecule has 0 amide bonds. The number of methoxy groups -OCH3 is 1. The smallest absolute Gasteiger partial charge is 0.240 e. The van der Waals surface area contributed by atoms with Crippen LogP contribution in [-0.2, 0) is 26.4 Å². The Kier molecular flexibility index (Phi) is 5.55. The lowest BCUT2D eigenvalue weighted by Crippen LogP contribution is -2.23. The van der Waals surface area contributed by atoms with Gasteiger partial charge in [0.15, 0.2) is 9.84 Å². The molecule has 0 radical (unpaired) electrons. The molecule has 0 fully saturated rings. The summed E-state index contributed by atoms with van der Waals surface area (Å²) in [6.45, 7) is 3.92. The highest BCUT2D eigenvalue weighted by molar-refractivity contribution is 7.90. The van der Waals surface area contributed by atoms with Crippen LogP contribution in [0.1, 0.15) is 16.7 Å². The molecular weight excluding hydrogens is 362 g/mol. The van der Waals surface area contributed by atoms with E-state index in [0.29, 0.717) is 0 Å². The van der Waals surface area contributed by atoms with Crippen LogP contribution in [0.2, 0.25) is 0 Å². The zero-order valence-corrected chi connectivity index (χ0v) is 16.2. The van der Waals surface area contributed by atoms with E-state index in [1.54, 1.807) is 7.11 Å². The molecule has 136 valence electrons. The summed E-state index contributed by atoms with van der Waals surface area (Å²) in [5, 5.41) is 0. The highest BCUT2D eigenvalue weighted by Gasteiger charge is 2.16. The van der Waals surface area contributed by atoms with Gasteiger partial charge in [-0.15, -0.1) is 0 Å². The van der Waals surface area contributed by atoms with Crippen LogP contribution in [0.5, 0.6) is 5.75 Å². The van der Waals surface area contributed by atoms with Crippen molar-refractivity contribution in [2.75, 3.05) is 13.4 Å². The number of ether oxygens (including phenoxy) is 1. The molecule has 2 aromatic carbocycles. The molecule has 0 bridgehead atoms. The molecule has 0 atom stereocenters. The Morgan fingerprint density at radius 2 is 1.40 bits per heavy atom. The fraction of sp³-hybridized carbons (Fsp3) is 0.294. The van der Waals surface area contributed by atoms with Crippen LogP contribution in [0.4, 0.5) is 0 Å². The van der Waals surface area contributed by atoms with Crippen LogP contribution >= 0.6 is 0 Å². The monoisotopic (exact) mass is 383 g/mol. The Balaban J connectivity index is 2.20. The van der Waals surface area contributed by atoms with Gasteiger partial charge in [-0.25, -0.2) is 21.6 Å². The van der Waals surface area contributed by atoms with E-state index in [0.717, 1.165) is 28.7 Å². The number of benzene rings is 2. The second-order valence-corrected chi connectivity index (χ2v) is 9.61. The number of aryl methyl sites for hydroxylation is 2. The van der Waals surface area contributed by atoms with Gasteiger partial charge in [-0.05, 0) is 54.8 Å². The summed E-state index contributed by atoms with van der Waals surface area (Å²) in [6.07, 6.45) is 1.07. The minimum absolute atomic E-state index is 0.0156. The lowest BCUT2D eigenvalue weighted by atomic mass is 10.1. The highest BCUT2D eigenvalue weighted by Crippen LogP contribution is 2.24. The number of sulfone groups is 1. The van der Waals surface area contributed by atoms with E-state index in [2.05, 4.69) is 4.72 Å². The Bertz CT molecular complexity index is 955. The lowest BCUT2D eigenvalue weighted by Gasteiger charge is -2.12. The first-order valence-corrected chi connectivity index (χ1v) is 10.9. The summed E-state index contributed by atoms with van der Waals surface area (Å²) in [5.41, 5.74) is 2.66. The third-order valence-electron chi connectivity index (χ3n) is 3.75. The Labute approximate surface area is 148 Å². The van der Waals surface area contributed by atoms with Crippen molar-refractivity contribution in [3.05, 3.63) is 53.1 Å². The Hall–Kier alpha value is -1.90. The van der Waals surface area contributed by atoms with Crippen LogP contribution in [0.25, 0.3) is 0 Å². The number of sulfonamides is 1. The van der Waals surface area contributed by atoms with E-state index >= 15 is 0 Å². The van der Waals surface area contributed by atoms with Crippen molar-refractivity contribution < 1.29 is 21.6 Å². The van der Waals surface area contributed by atoms with Gasteiger partial charge in [0.1, 0.15) is 5.75 Å². The molecule has 0 aliphatic carbocycles. The molecule has 0 unspecified atom stereocenters. The van der Waals surface area contributed by atoms with Crippen LogP contribution in [-0.4, -0.2) is 30.2 Å². The first-order valence-electron chi connectivity index (χ1n) is 7.48. The first kappa shape index (κ1) is 19.4. The van der Waals surface area contributed by atoms with Crippen LogP contribution in [0.3, 0.4) is 0 Å². The van der Waals surface area contributed by atoms with Gasteiger partial charge in [0.05, 0.1) is 16.9 Å². The van der Waals surface area contributed by atoms with Gasteiger partial charge in [-0.2, -0.15) is 0 Å². The summed E-state index contributed by atoms with van der Waals surface area (Å²) in [4.78, 5) is 0.0923. The Morgan fingerprint density at radius 3 is 1.84 bits per heavy atom. The maximum absolute atomic E-state index is 12.4. The van der Waals surface area contributed by atoms with Crippen molar-refractivity contribution in [3.63, 3.8) is 0 Å². The predicted octanol–water partition coefficient (Wildman–Crippen LogP) is 2.19. The maximum Gasteiger partial charge on any atom is 0.240 e. The van der Waals surface area contributed by atoms with Crippen LogP contribution < -0.4 is 9.46 Å². The Morgan fingerprint density at radius 1 is 0.920 bits per heavy atom. The van der Waals surface area contributed by atoms with Crippen molar-refractivity contribution in [1.82, 2.24) is 4.72 Å². The minimum Gasteiger partial charge on any atom is -0.496 e. The highest BCUT2D eigenvalue weighted by atomic mass is 32.2. The maximum atomic E-state index is 12.4. The molecule has 8 heteroatoms. The normalized spacial score (nSPS) is 12.2. The summed E-state index contributed by atoms with van der Waals surface area (Å²) in [7, 11) is -5.51. The standard InChI is InChI=1S/C17H21NO5S2/c1-12-9-14(10-13(2)17(12)23-3)11-18-25(21,22)16-7-5-15(6-8-16)24(4,19)20/h5-10,18H,11H2,1-4H3. The van der Waals surface area contributed by atoms with Gasteiger partial charge in [0.2, 0.25) is 10.0 Å². The molecule has 0 saturated heterocycles. The van der Waals surface area contributed by atoms with Crippen LogP contribution in [0, 0.1) is 13.8 Å². The number of hydrogen-bond donors (Lipinski definition) is 1. The van der Waals surface area contributed by atoms with E-state index in [9.17, 15) is 16.8 Å². The molecular formula is C17H21NO5S2. The van der Waals surface area contributed by atoms with Gasteiger partial charge in [-0.3, -0.25) is 0 Å². The number of hydrogen-bond acceptors (Lipinski definition) is 5. The van der Waals surface area contributed by atoms with E-state index in [4.69, 9.17) is 4.74 Å². The van der Waals surface area contributed by atoms with E-state index in [1.165, 1.54) is 24.3 Å². The fourth-order valence-corrected chi connectivity index (χ4v) is 4.24. The van der Waals surface area contributed by atoms with Crippen molar-refractivity contribution in [2.24, 2.45) is 0 Å². The van der Waals surface area contributed by atoms with Crippen LogP contribution in [0.15, 0.2) is 46.2 Å². The third kappa shape index (κ3) is 4.59. The second-order valence-electron chi connectivity index (χ2n) is 5.83. The molecule has 25 heavy (non-hydrogen) atoms. The van der Waals surface area contributed by atoms with E-state index in [1.807, 2.05) is 26.0 Å². The molecule has 0 aliphatic heterocycles. The summed E-state index contributed by atoms with van der Waals surface area (Å²) < 4.78 is 55.5. The molecule has 0 heterocycles. The van der Waals surface area contributed by atoms with Crippen molar-refractivity contribution in [2.45, 2.75) is 30.2 Å². The quantitative estimate of drug-likeness (QED) is 0.826. The molecule has 6 nitrogen and oxygen atoms in total. The van der Waals surface area contributed by atoms with Crippen molar-refractivity contribution >= 4 is 19.9 Å². The van der Waals surface area contributed by atoms with E-state index < -0.39 is 19.9 Å². The second kappa shape index (κ2) is 7.15. The molecule has 1 N–H and O–H groups in total. The summed E-state index contributed by atoms with van der Waals surface area (Å²) in [5.74, 6) is 0.781. The molecule has 0 aliphatic rings. The van der Waals surface area contributed by atoms with Gasteiger partial charge in [0, 0.05) is 12.8 Å². The molecule has 0 spiro atoms. The molecule has 2 rings (SSSR count). The predicted molar refractivity (Wildman–Crippen MR) is 96.0 cm³/mol. The number of rotatable bonds is 6. The van der Waals surface area contributed by atoms with Crippen molar-refractivity contribution in [1.29, 1.82) is 0 Å². The molecule has 0 aromatic heterocycles. The van der Waals surface area contributed by atoms with Gasteiger partial charge in [-0.1, -0.05) is 12.1 Å². The topological polar surface area (TPSA) is 89.5 Å². The lowest BCUT2D eigenvalue weighted by molar-refractivity contribution is 0.408. The first-order chi connectivity index (χ1) is 11.5. The van der Waals surface area contributed by atoms with Crippen molar-refractivity contribution in [3.8, 4) is 5.75 Å². The van der Waals surface area contributed by atoms with Gasteiger partial charge in [0.25, 0.3) is 0 Å². The largest absolute Gasteiger partial charge is 0.496 e. The number of nitrogens with one attached hydrogen (secondary N) is 1. The average molecular weight is 383 g/mol. The summed E-state index contributed by atoms with van der Waals surface area (Å²) >= 11 is 0. The molecule has 2 aromatic rings. The van der Waals surface area contributed by atoms with Gasteiger partial charge >= 0.3 is 0 Å². The van der Waals surface area contributed by atoms with E-state index in [-0.39, 0.29) is 16.3 Å². The summed E-state index contributed by atoms with van der Waals surface area (Å²) in [6, 6.07) is 8.85. The third-order valence-corrected chi connectivity index (χ3v) is 6.30. The average Bonchev–Trinajstić information content (AvgIpc) is 2.52.